The minimum absolute atomic E-state index is 0.0731. The van der Waals surface area contributed by atoms with Crippen molar-refractivity contribution in [2.45, 2.75) is 44.9 Å². The first-order valence-electron chi connectivity index (χ1n) is 9.89. The van der Waals surface area contributed by atoms with Crippen LogP contribution in [0.15, 0.2) is 65.8 Å². The molecule has 1 N–H and O–H groups in total. The average molecular weight is 374 g/mol. The molecule has 0 aliphatic heterocycles. The van der Waals surface area contributed by atoms with Gasteiger partial charge in [0.1, 0.15) is 5.78 Å². The molecule has 144 valence electrons. The van der Waals surface area contributed by atoms with Gasteiger partial charge in [-0.05, 0) is 29.4 Å². The Balaban J connectivity index is 1.55. The zero-order valence-corrected chi connectivity index (χ0v) is 16.4. The van der Waals surface area contributed by atoms with E-state index in [1.807, 2.05) is 36.4 Å². The van der Waals surface area contributed by atoms with Gasteiger partial charge in [-0.25, -0.2) is 5.43 Å². The number of hydrogen-bond acceptors (Lipinski definition) is 3. The molecule has 1 atom stereocenters. The average Bonchev–Trinajstić information content (AvgIpc) is 3.43. The Morgan fingerprint density at radius 1 is 0.964 bits per heavy atom. The molecule has 0 saturated heterocycles. The van der Waals surface area contributed by atoms with Gasteiger partial charge in [-0.15, -0.1) is 0 Å². The minimum Gasteiger partial charge on any atom is -0.299 e. The highest BCUT2D eigenvalue weighted by Gasteiger charge is 2.60. The summed E-state index contributed by atoms with van der Waals surface area (Å²) in [5.74, 6) is -0.0384. The van der Waals surface area contributed by atoms with E-state index in [1.54, 1.807) is 0 Å². The summed E-state index contributed by atoms with van der Waals surface area (Å²) in [6.07, 6.45) is 2.43. The van der Waals surface area contributed by atoms with Crippen molar-refractivity contribution in [3.05, 3.63) is 71.8 Å². The van der Waals surface area contributed by atoms with Crippen molar-refractivity contribution < 1.29 is 9.59 Å². The number of nitrogens with zero attached hydrogens (tertiary/aromatic N) is 1. The Kier molecular flexibility index (Phi) is 4.66. The largest absolute Gasteiger partial charge is 0.299 e. The van der Waals surface area contributed by atoms with Gasteiger partial charge in [0.25, 0.3) is 0 Å². The highest BCUT2D eigenvalue weighted by atomic mass is 16.2. The van der Waals surface area contributed by atoms with Crippen molar-refractivity contribution >= 4 is 17.4 Å². The first-order valence-corrected chi connectivity index (χ1v) is 9.89. The maximum Gasteiger partial charge on any atom is 0.244 e. The van der Waals surface area contributed by atoms with E-state index < -0.39 is 0 Å². The molecule has 2 aliphatic carbocycles. The van der Waals surface area contributed by atoms with Gasteiger partial charge in [-0.2, -0.15) is 5.10 Å². The van der Waals surface area contributed by atoms with Crippen molar-refractivity contribution in [1.29, 1.82) is 0 Å². The summed E-state index contributed by atoms with van der Waals surface area (Å²) in [6, 6.07) is 20.4. The lowest BCUT2D eigenvalue weighted by molar-refractivity contribution is -0.123. The fourth-order valence-electron chi connectivity index (χ4n) is 4.65. The Morgan fingerprint density at radius 3 is 2.07 bits per heavy atom. The molecule has 1 amide bonds. The number of hydrogen-bond donors (Lipinski definition) is 1. The lowest BCUT2D eigenvalue weighted by Gasteiger charge is -2.29. The first-order chi connectivity index (χ1) is 13.4. The van der Waals surface area contributed by atoms with E-state index in [9.17, 15) is 9.59 Å². The maximum absolute atomic E-state index is 12.9. The molecule has 2 fully saturated rings. The van der Waals surface area contributed by atoms with Crippen molar-refractivity contribution in [1.82, 2.24) is 5.43 Å². The number of Topliss-reactive ketones (excluding diaryl/α,β-unsaturated/α-hetero) is 1. The number of nitrogens with one attached hydrogen (secondary N) is 1. The van der Waals surface area contributed by atoms with Crippen LogP contribution in [-0.4, -0.2) is 17.4 Å². The Labute approximate surface area is 166 Å². The summed E-state index contributed by atoms with van der Waals surface area (Å²) in [5, 5.41) is 4.34. The van der Waals surface area contributed by atoms with Gasteiger partial charge in [-0.3, -0.25) is 9.59 Å². The van der Waals surface area contributed by atoms with E-state index in [0.717, 1.165) is 29.7 Å². The molecule has 2 aromatic carbocycles. The van der Waals surface area contributed by atoms with Crippen LogP contribution in [0.4, 0.5) is 0 Å². The monoisotopic (exact) mass is 374 g/mol. The predicted octanol–water partition coefficient (Wildman–Crippen LogP) is 4.24. The number of amides is 1. The molecule has 4 nitrogen and oxygen atoms in total. The van der Waals surface area contributed by atoms with Gasteiger partial charge in [0.15, 0.2) is 0 Å². The molecule has 0 bridgehead atoms. The number of carbonyl (C=O) groups excluding carboxylic acids is 2. The zero-order chi connectivity index (χ0) is 19.8. The van der Waals surface area contributed by atoms with Gasteiger partial charge < -0.3 is 0 Å². The second-order valence-corrected chi connectivity index (χ2v) is 8.85. The topological polar surface area (TPSA) is 58.5 Å². The molecular weight excluding hydrogens is 348 g/mol. The van der Waals surface area contributed by atoms with Crippen LogP contribution < -0.4 is 5.43 Å². The SMILES string of the molecule is CC1(C)CC(=O)CC(=NNC(=O)C2CC2(c2ccccc2)c2ccccc2)C1. The molecule has 2 aliphatic rings. The highest BCUT2D eigenvalue weighted by Crippen LogP contribution is 2.58. The van der Waals surface area contributed by atoms with E-state index in [2.05, 4.69) is 48.6 Å². The predicted molar refractivity (Wildman–Crippen MR) is 110 cm³/mol. The Morgan fingerprint density at radius 2 is 1.54 bits per heavy atom. The third-order valence-electron chi connectivity index (χ3n) is 5.94. The molecule has 4 heteroatoms. The van der Waals surface area contributed by atoms with Crippen LogP contribution in [0.1, 0.15) is 50.7 Å². The summed E-state index contributed by atoms with van der Waals surface area (Å²) in [4.78, 5) is 24.9. The van der Waals surface area contributed by atoms with Crippen LogP contribution in [-0.2, 0) is 15.0 Å². The third kappa shape index (κ3) is 3.51. The van der Waals surface area contributed by atoms with Crippen molar-refractivity contribution in [2.75, 3.05) is 0 Å². The smallest absolute Gasteiger partial charge is 0.244 e. The Bertz CT molecular complexity index is 877. The van der Waals surface area contributed by atoms with Crippen LogP contribution in [0, 0.1) is 11.3 Å². The van der Waals surface area contributed by atoms with Gasteiger partial charge in [0.05, 0.1) is 5.92 Å². The lowest BCUT2D eigenvalue weighted by atomic mass is 9.76. The van der Waals surface area contributed by atoms with Gasteiger partial charge in [0.2, 0.25) is 5.91 Å². The molecule has 0 heterocycles. The Hall–Kier alpha value is -2.75. The van der Waals surface area contributed by atoms with Crippen LogP contribution in [0.2, 0.25) is 0 Å². The maximum atomic E-state index is 12.9. The van der Waals surface area contributed by atoms with Gasteiger partial charge in [-0.1, -0.05) is 74.5 Å². The van der Waals surface area contributed by atoms with Crippen molar-refractivity contribution in [2.24, 2.45) is 16.4 Å². The second-order valence-electron chi connectivity index (χ2n) is 8.85. The van der Waals surface area contributed by atoms with E-state index in [0.29, 0.717) is 12.8 Å². The molecule has 0 aromatic heterocycles. The molecule has 1 unspecified atom stereocenters. The van der Waals surface area contributed by atoms with Crippen LogP contribution >= 0.6 is 0 Å². The molecule has 2 aromatic rings. The van der Waals surface area contributed by atoms with E-state index >= 15 is 0 Å². The number of ketones is 1. The molecule has 0 spiro atoms. The summed E-state index contributed by atoms with van der Waals surface area (Å²) in [7, 11) is 0. The third-order valence-corrected chi connectivity index (χ3v) is 5.94. The zero-order valence-electron chi connectivity index (χ0n) is 16.4. The van der Waals surface area contributed by atoms with Crippen molar-refractivity contribution in [3.63, 3.8) is 0 Å². The van der Waals surface area contributed by atoms with Gasteiger partial charge >= 0.3 is 0 Å². The standard InChI is InChI=1S/C24H26N2O2/c1-23(2)14-19(13-20(27)15-23)25-26-22(28)21-16-24(21,17-9-5-3-6-10-17)18-11-7-4-8-12-18/h3-12,21H,13-16H2,1-2H3,(H,26,28). The molecule has 4 rings (SSSR count). The van der Waals surface area contributed by atoms with Crippen molar-refractivity contribution in [3.8, 4) is 0 Å². The van der Waals surface area contributed by atoms with Crippen LogP contribution in [0.5, 0.6) is 0 Å². The summed E-state index contributed by atoms with van der Waals surface area (Å²) < 4.78 is 0. The summed E-state index contributed by atoms with van der Waals surface area (Å²) in [5.41, 5.74) is 5.47. The van der Waals surface area contributed by atoms with Crippen LogP contribution in [0.3, 0.4) is 0 Å². The molecular formula is C24H26N2O2. The van der Waals surface area contributed by atoms with E-state index in [1.165, 1.54) is 0 Å². The first kappa shape index (κ1) is 18.6. The van der Waals surface area contributed by atoms with Gasteiger partial charge in [0, 0.05) is 24.0 Å². The fraction of sp³-hybridized carbons (Fsp3) is 0.375. The molecule has 0 radical (unpaired) electrons. The number of hydrazone groups is 1. The normalized spacial score (nSPS) is 24.0. The fourth-order valence-corrected chi connectivity index (χ4v) is 4.65. The van der Waals surface area contributed by atoms with Crippen LogP contribution in [0.25, 0.3) is 0 Å². The molecule has 2 saturated carbocycles. The summed E-state index contributed by atoms with van der Waals surface area (Å²) in [6.45, 7) is 4.14. The van der Waals surface area contributed by atoms with E-state index in [4.69, 9.17) is 0 Å². The number of rotatable bonds is 4. The van der Waals surface area contributed by atoms with E-state index in [-0.39, 0.29) is 28.4 Å². The quantitative estimate of drug-likeness (QED) is 0.814. The molecule has 28 heavy (non-hydrogen) atoms. The summed E-state index contributed by atoms with van der Waals surface area (Å²) >= 11 is 0. The second kappa shape index (κ2) is 7.01. The highest BCUT2D eigenvalue weighted by molar-refractivity contribution is 6.05. The number of benzene rings is 2. The minimum atomic E-state index is -0.297. The number of carbonyl (C=O) groups is 2. The lowest BCUT2D eigenvalue weighted by Crippen LogP contribution is -2.32.